The van der Waals surface area contributed by atoms with Gasteiger partial charge in [-0.15, -0.1) is 0 Å². The standard InChI is InChI=1S/C18H13BrClFN2O2/c19-12-3-6-15(14(20)9-12)23-17(24)7-8-18-22-10-16(25-18)11-1-4-13(21)5-2-11/h1-6,9-10H,7-8H2,(H,23,24). The maximum atomic E-state index is 12.9. The minimum atomic E-state index is -0.313. The number of aryl methyl sites for hydroxylation is 1. The van der Waals surface area contributed by atoms with Crippen LogP contribution in [0.25, 0.3) is 11.3 Å². The first-order chi connectivity index (χ1) is 12.0. The zero-order chi connectivity index (χ0) is 17.8. The molecule has 0 radical (unpaired) electrons. The van der Waals surface area contributed by atoms with Crippen LogP contribution in [-0.4, -0.2) is 10.9 Å². The smallest absolute Gasteiger partial charge is 0.224 e. The summed E-state index contributed by atoms with van der Waals surface area (Å²) in [4.78, 5) is 16.2. The molecule has 2 aromatic carbocycles. The Hall–Kier alpha value is -2.18. The number of carbonyl (C=O) groups excluding carboxylic acids is 1. The quantitative estimate of drug-likeness (QED) is 0.592. The molecule has 128 valence electrons. The van der Waals surface area contributed by atoms with Gasteiger partial charge in [0.25, 0.3) is 0 Å². The maximum absolute atomic E-state index is 12.9. The molecule has 1 heterocycles. The zero-order valence-corrected chi connectivity index (χ0v) is 15.3. The largest absolute Gasteiger partial charge is 0.441 e. The van der Waals surface area contributed by atoms with E-state index in [4.69, 9.17) is 16.0 Å². The molecule has 0 saturated carbocycles. The van der Waals surface area contributed by atoms with E-state index in [1.54, 1.807) is 36.5 Å². The van der Waals surface area contributed by atoms with Crippen molar-refractivity contribution in [1.29, 1.82) is 0 Å². The fourth-order valence-electron chi connectivity index (χ4n) is 2.20. The molecule has 0 fully saturated rings. The van der Waals surface area contributed by atoms with Crippen molar-refractivity contribution in [2.45, 2.75) is 12.8 Å². The fraction of sp³-hybridized carbons (Fsp3) is 0.111. The Kier molecular flexibility index (Phi) is 5.50. The summed E-state index contributed by atoms with van der Waals surface area (Å²) in [7, 11) is 0. The van der Waals surface area contributed by atoms with E-state index in [-0.39, 0.29) is 18.1 Å². The van der Waals surface area contributed by atoms with Gasteiger partial charge in [0, 0.05) is 22.9 Å². The molecule has 0 spiro atoms. The molecule has 1 N–H and O–H groups in total. The van der Waals surface area contributed by atoms with E-state index in [2.05, 4.69) is 26.2 Å². The summed E-state index contributed by atoms with van der Waals surface area (Å²) in [6, 6.07) is 11.2. The summed E-state index contributed by atoms with van der Waals surface area (Å²) < 4.78 is 19.4. The van der Waals surface area contributed by atoms with Gasteiger partial charge in [0.1, 0.15) is 5.82 Å². The number of nitrogens with zero attached hydrogens (tertiary/aromatic N) is 1. The molecule has 0 atom stereocenters. The van der Waals surface area contributed by atoms with E-state index in [1.807, 2.05) is 0 Å². The highest BCUT2D eigenvalue weighted by molar-refractivity contribution is 9.10. The Bertz CT molecular complexity index is 896. The van der Waals surface area contributed by atoms with Crippen LogP contribution in [0.5, 0.6) is 0 Å². The SMILES string of the molecule is O=C(CCc1ncc(-c2ccc(F)cc2)o1)Nc1ccc(Br)cc1Cl. The van der Waals surface area contributed by atoms with Gasteiger partial charge in [0.2, 0.25) is 5.91 Å². The van der Waals surface area contributed by atoms with Crippen molar-refractivity contribution in [2.24, 2.45) is 0 Å². The number of hydrogen-bond donors (Lipinski definition) is 1. The minimum absolute atomic E-state index is 0.189. The van der Waals surface area contributed by atoms with Crippen LogP contribution in [0.1, 0.15) is 12.3 Å². The first kappa shape index (κ1) is 17.6. The zero-order valence-electron chi connectivity index (χ0n) is 12.9. The van der Waals surface area contributed by atoms with Crippen molar-refractivity contribution in [3.63, 3.8) is 0 Å². The highest BCUT2D eigenvalue weighted by atomic mass is 79.9. The highest BCUT2D eigenvalue weighted by Crippen LogP contribution is 2.26. The van der Waals surface area contributed by atoms with Crippen molar-refractivity contribution >= 4 is 39.1 Å². The second kappa shape index (κ2) is 7.80. The van der Waals surface area contributed by atoms with Crippen LogP contribution in [0.2, 0.25) is 5.02 Å². The molecule has 25 heavy (non-hydrogen) atoms. The number of anilines is 1. The van der Waals surface area contributed by atoms with Gasteiger partial charge in [0.05, 0.1) is 16.9 Å². The Balaban J connectivity index is 1.58. The van der Waals surface area contributed by atoms with E-state index in [0.717, 1.165) is 10.0 Å². The average molecular weight is 424 g/mol. The van der Waals surface area contributed by atoms with E-state index < -0.39 is 0 Å². The lowest BCUT2D eigenvalue weighted by Gasteiger charge is -2.06. The molecule has 1 amide bonds. The van der Waals surface area contributed by atoms with Crippen LogP contribution in [0.15, 0.2) is 57.6 Å². The van der Waals surface area contributed by atoms with Gasteiger partial charge in [0.15, 0.2) is 11.7 Å². The van der Waals surface area contributed by atoms with Gasteiger partial charge in [-0.05, 0) is 42.5 Å². The van der Waals surface area contributed by atoms with Crippen LogP contribution in [0, 0.1) is 5.82 Å². The molecule has 1 aromatic heterocycles. The van der Waals surface area contributed by atoms with Gasteiger partial charge in [-0.25, -0.2) is 9.37 Å². The van der Waals surface area contributed by atoms with E-state index in [0.29, 0.717) is 28.8 Å². The predicted molar refractivity (Wildman–Crippen MR) is 98.0 cm³/mol. The molecule has 4 nitrogen and oxygen atoms in total. The van der Waals surface area contributed by atoms with Crippen LogP contribution >= 0.6 is 27.5 Å². The van der Waals surface area contributed by atoms with Gasteiger partial charge in [-0.3, -0.25) is 4.79 Å². The average Bonchev–Trinajstić information content (AvgIpc) is 3.05. The molecule has 0 aliphatic rings. The van der Waals surface area contributed by atoms with Gasteiger partial charge in [-0.1, -0.05) is 27.5 Å². The number of hydrogen-bond acceptors (Lipinski definition) is 3. The number of amides is 1. The van der Waals surface area contributed by atoms with Crippen LogP contribution < -0.4 is 5.32 Å². The third-order valence-electron chi connectivity index (χ3n) is 3.45. The summed E-state index contributed by atoms with van der Waals surface area (Å²) in [5.41, 5.74) is 1.28. The molecule has 0 bridgehead atoms. The van der Waals surface area contributed by atoms with Crippen molar-refractivity contribution < 1.29 is 13.6 Å². The summed E-state index contributed by atoms with van der Waals surface area (Å²) in [5, 5.41) is 3.21. The number of rotatable bonds is 5. The van der Waals surface area contributed by atoms with Crippen LogP contribution in [0.4, 0.5) is 10.1 Å². The molecule has 0 aliphatic carbocycles. The fourth-order valence-corrected chi connectivity index (χ4v) is 2.92. The summed E-state index contributed by atoms with van der Waals surface area (Å²) >= 11 is 9.38. The Morgan fingerprint density at radius 3 is 2.72 bits per heavy atom. The lowest BCUT2D eigenvalue weighted by atomic mass is 10.2. The Labute approximate surface area is 157 Å². The molecule has 3 rings (SSSR count). The number of oxazole rings is 1. The van der Waals surface area contributed by atoms with Gasteiger partial charge < -0.3 is 9.73 Å². The number of aromatic nitrogens is 1. The summed E-state index contributed by atoms with van der Waals surface area (Å²) in [6.07, 6.45) is 2.11. The maximum Gasteiger partial charge on any atom is 0.224 e. The Morgan fingerprint density at radius 1 is 1.24 bits per heavy atom. The normalized spacial score (nSPS) is 10.7. The molecular formula is C18H13BrClFN2O2. The van der Waals surface area contributed by atoms with Gasteiger partial charge in [-0.2, -0.15) is 0 Å². The third-order valence-corrected chi connectivity index (χ3v) is 4.26. The predicted octanol–water partition coefficient (Wildman–Crippen LogP) is 5.47. The number of carbonyl (C=O) groups is 1. The molecule has 3 aromatic rings. The third kappa shape index (κ3) is 4.67. The molecule has 7 heteroatoms. The number of halogens is 3. The molecular weight excluding hydrogens is 411 g/mol. The van der Waals surface area contributed by atoms with E-state index >= 15 is 0 Å². The van der Waals surface area contributed by atoms with E-state index in [9.17, 15) is 9.18 Å². The monoisotopic (exact) mass is 422 g/mol. The van der Waals surface area contributed by atoms with Crippen LogP contribution in [-0.2, 0) is 11.2 Å². The molecule has 0 unspecified atom stereocenters. The van der Waals surface area contributed by atoms with Crippen molar-refractivity contribution in [2.75, 3.05) is 5.32 Å². The minimum Gasteiger partial charge on any atom is -0.441 e. The van der Waals surface area contributed by atoms with E-state index in [1.165, 1.54) is 12.1 Å². The lowest BCUT2D eigenvalue weighted by Crippen LogP contribution is -2.12. The highest BCUT2D eigenvalue weighted by Gasteiger charge is 2.11. The lowest BCUT2D eigenvalue weighted by molar-refractivity contribution is -0.116. The summed E-state index contributed by atoms with van der Waals surface area (Å²) in [5.74, 6) is 0.472. The molecule has 0 aliphatic heterocycles. The second-order valence-electron chi connectivity index (χ2n) is 5.30. The summed E-state index contributed by atoms with van der Waals surface area (Å²) in [6.45, 7) is 0. The van der Waals surface area contributed by atoms with Crippen molar-refractivity contribution in [3.8, 4) is 11.3 Å². The molecule has 0 saturated heterocycles. The number of benzene rings is 2. The first-order valence-corrected chi connectivity index (χ1v) is 8.64. The second-order valence-corrected chi connectivity index (χ2v) is 6.62. The Morgan fingerprint density at radius 2 is 2.00 bits per heavy atom. The van der Waals surface area contributed by atoms with Crippen LogP contribution in [0.3, 0.4) is 0 Å². The number of nitrogens with one attached hydrogen (secondary N) is 1. The van der Waals surface area contributed by atoms with Crippen molar-refractivity contribution in [1.82, 2.24) is 4.98 Å². The van der Waals surface area contributed by atoms with Gasteiger partial charge >= 0.3 is 0 Å². The first-order valence-electron chi connectivity index (χ1n) is 7.47. The van der Waals surface area contributed by atoms with Crippen molar-refractivity contribution in [3.05, 3.63) is 69.9 Å². The topological polar surface area (TPSA) is 55.1 Å².